The number of rotatable bonds is 4. The average Bonchev–Trinajstić information content (AvgIpc) is 2.92. The lowest BCUT2D eigenvalue weighted by molar-refractivity contribution is -0.114. The number of anilines is 1. The van der Waals surface area contributed by atoms with Crippen LogP contribution in [0.2, 0.25) is 0 Å². The molecular formula is C21H22N2O3. The van der Waals surface area contributed by atoms with Crippen LogP contribution in [-0.2, 0) is 4.79 Å². The van der Waals surface area contributed by atoms with Crippen molar-refractivity contribution in [3.05, 3.63) is 58.7 Å². The molecule has 26 heavy (non-hydrogen) atoms. The second kappa shape index (κ2) is 7.04. The summed E-state index contributed by atoms with van der Waals surface area (Å²) in [4.78, 5) is 12.9. The summed E-state index contributed by atoms with van der Waals surface area (Å²) in [6.45, 7) is 5.90. The smallest absolute Gasteiger partial charge is 0.280 e. The van der Waals surface area contributed by atoms with E-state index < -0.39 is 0 Å². The van der Waals surface area contributed by atoms with Crippen molar-refractivity contribution in [1.82, 2.24) is 0 Å². The van der Waals surface area contributed by atoms with Gasteiger partial charge in [0.25, 0.3) is 5.91 Å². The summed E-state index contributed by atoms with van der Waals surface area (Å²) in [5, 5.41) is 5.89. The minimum atomic E-state index is -0.149. The Morgan fingerprint density at radius 1 is 0.962 bits per heavy atom. The van der Waals surface area contributed by atoms with Gasteiger partial charge in [-0.25, -0.2) is 0 Å². The van der Waals surface area contributed by atoms with E-state index in [9.17, 15) is 4.79 Å². The summed E-state index contributed by atoms with van der Waals surface area (Å²) < 4.78 is 10.6. The van der Waals surface area contributed by atoms with Gasteiger partial charge >= 0.3 is 0 Å². The molecule has 2 aromatic rings. The Labute approximate surface area is 153 Å². The molecule has 0 aromatic heterocycles. The Balaban J connectivity index is 1.97. The van der Waals surface area contributed by atoms with Crippen LogP contribution in [0.4, 0.5) is 5.69 Å². The minimum Gasteiger partial charge on any atom is -0.497 e. The van der Waals surface area contributed by atoms with Crippen LogP contribution in [-0.4, -0.2) is 25.8 Å². The molecule has 0 unspecified atom stereocenters. The lowest BCUT2D eigenvalue weighted by Gasteiger charge is -2.13. The average molecular weight is 350 g/mol. The number of amides is 1. The lowest BCUT2D eigenvalue weighted by atomic mass is 10.1. The highest BCUT2D eigenvalue weighted by Crippen LogP contribution is 2.30. The first-order valence-electron chi connectivity index (χ1n) is 8.35. The number of hydrazone groups is 1. The van der Waals surface area contributed by atoms with Crippen molar-refractivity contribution in [3.8, 4) is 11.5 Å². The SMILES string of the molecule is COc1ccc(/C=C2\C(=O)N(c3ccc(C)c(C)c3)N=C2C)c(OC)c1. The van der Waals surface area contributed by atoms with E-state index >= 15 is 0 Å². The second-order valence-electron chi connectivity index (χ2n) is 6.24. The van der Waals surface area contributed by atoms with Crippen LogP contribution in [0, 0.1) is 13.8 Å². The molecule has 0 atom stereocenters. The lowest BCUT2D eigenvalue weighted by Crippen LogP contribution is -2.21. The number of carbonyl (C=O) groups excluding carboxylic acids is 1. The number of hydrogen-bond acceptors (Lipinski definition) is 4. The predicted molar refractivity (Wildman–Crippen MR) is 104 cm³/mol. The molecule has 1 aliphatic rings. The van der Waals surface area contributed by atoms with Crippen molar-refractivity contribution in [3.63, 3.8) is 0 Å². The predicted octanol–water partition coefficient (Wildman–Crippen LogP) is 4.13. The molecule has 0 spiro atoms. The van der Waals surface area contributed by atoms with Gasteiger partial charge in [0.05, 0.1) is 31.2 Å². The third kappa shape index (κ3) is 3.20. The third-order valence-corrected chi connectivity index (χ3v) is 4.54. The molecule has 0 saturated carbocycles. The molecule has 0 radical (unpaired) electrons. The first kappa shape index (κ1) is 17.7. The van der Waals surface area contributed by atoms with E-state index in [4.69, 9.17) is 9.47 Å². The molecule has 2 aromatic carbocycles. The largest absolute Gasteiger partial charge is 0.497 e. The maximum atomic E-state index is 12.9. The number of hydrogen-bond donors (Lipinski definition) is 0. The van der Waals surface area contributed by atoms with E-state index in [2.05, 4.69) is 5.10 Å². The van der Waals surface area contributed by atoms with Crippen molar-refractivity contribution < 1.29 is 14.3 Å². The van der Waals surface area contributed by atoms with E-state index in [0.717, 1.165) is 16.8 Å². The Bertz CT molecular complexity index is 929. The van der Waals surface area contributed by atoms with Gasteiger partial charge in [0, 0.05) is 11.6 Å². The summed E-state index contributed by atoms with van der Waals surface area (Å²) in [5.74, 6) is 1.19. The molecule has 3 rings (SSSR count). The van der Waals surface area contributed by atoms with Crippen LogP contribution in [0.5, 0.6) is 11.5 Å². The summed E-state index contributed by atoms with van der Waals surface area (Å²) in [6, 6.07) is 11.4. The Hall–Kier alpha value is -3.08. The highest BCUT2D eigenvalue weighted by atomic mass is 16.5. The molecule has 0 fully saturated rings. The van der Waals surface area contributed by atoms with Crippen molar-refractivity contribution in [2.24, 2.45) is 5.10 Å². The standard InChI is InChI=1S/C21H22N2O3/c1-13-6-8-17(10-14(13)2)23-21(24)19(15(3)22-23)11-16-7-9-18(25-4)12-20(16)26-5/h6-12H,1-5H3/b19-11-. The molecule has 5 heteroatoms. The zero-order valence-electron chi connectivity index (χ0n) is 15.7. The number of aryl methyl sites for hydroxylation is 2. The number of methoxy groups -OCH3 is 2. The van der Waals surface area contributed by atoms with Crippen LogP contribution in [0.15, 0.2) is 47.1 Å². The minimum absolute atomic E-state index is 0.149. The molecule has 0 aliphatic carbocycles. The second-order valence-corrected chi connectivity index (χ2v) is 6.24. The van der Waals surface area contributed by atoms with E-state index in [1.807, 2.05) is 51.1 Å². The fraction of sp³-hybridized carbons (Fsp3) is 0.238. The van der Waals surface area contributed by atoms with Gasteiger partial charge in [-0.05, 0) is 62.2 Å². The maximum Gasteiger partial charge on any atom is 0.280 e. The quantitative estimate of drug-likeness (QED) is 0.779. The van der Waals surface area contributed by atoms with Crippen LogP contribution >= 0.6 is 0 Å². The molecule has 0 bridgehead atoms. The molecule has 1 heterocycles. The van der Waals surface area contributed by atoms with Crippen LogP contribution < -0.4 is 14.5 Å². The van der Waals surface area contributed by atoms with Crippen molar-refractivity contribution in [2.45, 2.75) is 20.8 Å². The highest BCUT2D eigenvalue weighted by Gasteiger charge is 2.29. The Morgan fingerprint density at radius 3 is 2.38 bits per heavy atom. The number of ether oxygens (including phenoxy) is 2. The topological polar surface area (TPSA) is 51.1 Å². The van der Waals surface area contributed by atoms with Gasteiger partial charge in [0.15, 0.2) is 0 Å². The number of benzene rings is 2. The van der Waals surface area contributed by atoms with E-state index in [-0.39, 0.29) is 5.91 Å². The maximum absolute atomic E-state index is 12.9. The highest BCUT2D eigenvalue weighted by molar-refractivity contribution is 6.32. The van der Waals surface area contributed by atoms with E-state index in [1.54, 1.807) is 26.4 Å². The molecule has 0 N–H and O–H groups in total. The van der Waals surface area contributed by atoms with Crippen molar-refractivity contribution in [2.75, 3.05) is 19.2 Å². The zero-order chi connectivity index (χ0) is 18.8. The summed E-state index contributed by atoms with van der Waals surface area (Å²) in [6.07, 6.45) is 1.81. The van der Waals surface area contributed by atoms with Gasteiger partial charge in [-0.2, -0.15) is 10.1 Å². The summed E-state index contributed by atoms with van der Waals surface area (Å²) in [7, 11) is 3.20. The molecule has 0 saturated heterocycles. The first-order chi connectivity index (χ1) is 12.4. The van der Waals surface area contributed by atoms with Gasteiger partial charge < -0.3 is 9.47 Å². The van der Waals surface area contributed by atoms with Crippen molar-refractivity contribution >= 4 is 23.4 Å². The zero-order valence-corrected chi connectivity index (χ0v) is 15.7. The third-order valence-electron chi connectivity index (χ3n) is 4.54. The molecule has 1 aliphatic heterocycles. The van der Waals surface area contributed by atoms with Crippen molar-refractivity contribution in [1.29, 1.82) is 0 Å². The molecular weight excluding hydrogens is 328 g/mol. The van der Waals surface area contributed by atoms with Crippen LogP contribution in [0.25, 0.3) is 6.08 Å². The number of nitrogens with zero attached hydrogens (tertiary/aromatic N) is 2. The van der Waals surface area contributed by atoms with Gasteiger partial charge in [0.2, 0.25) is 0 Å². The Morgan fingerprint density at radius 2 is 1.73 bits per heavy atom. The fourth-order valence-electron chi connectivity index (χ4n) is 2.81. The van der Waals surface area contributed by atoms with E-state index in [0.29, 0.717) is 22.8 Å². The fourth-order valence-corrected chi connectivity index (χ4v) is 2.81. The summed E-state index contributed by atoms with van der Waals surface area (Å²) >= 11 is 0. The first-order valence-corrected chi connectivity index (χ1v) is 8.35. The van der Waals surface area contributed by atoms with Crippen LogP contribution in [0.1, 0.15) is 23.6 Å². The molecule has 5 nitrogen and oxygen atoms in total. The summed E-state index contributed by atoms with van der Waals surface area (Å²) in [5.41, 5.74) is 5.09. The normalized spacial score (nSPS) is 15.4. The molecule has 1 amide bonds. The van der Waals surface area contributed by atoms with Gasteiger partial charge in [-0.1, -0.05) is 6.07 Å². The van der Waals surface area contributed by atoms with Gasteiger partial charge in [0.1, 0.15) is 11.5 Å². The van der Waals surface area contributed by atoms with Crippen LogP contribution in [0.3, 0.4) is 0 Å². The number of carbonyl (C=O) groups is 1. The molecule has 134 valence electrons. The monoisotopic (exact) mass is 350 g/mol. The van der Waals surface area contributed by atoms with Gasteiger partial charge in [-0.15, -0.1) is 0 Å². The van der Waals surface area contributed by atoms with E-state index in [1.165, 1.54) is 10.6 Å². The Kier molecular flexibility index (Phi) is 4.80. The van der Waals surface area contributed by atoms with Gasteiger partial charge in [-0.3, -0.25) is 4.79 Å².